The number of nitrogens with one attached hydrogen (secondary N) is 1. The summed E-state index contributed by atoms with van der Waals surface area (Å²) >= 11 is 0. The van der Waals surface area contributed by atoms with Gasteiger partial charge < -0.3 is 14.6 Å². The molecule has 2 heterocycles. The van der Waals surface area contributed by atoms with Crippen LogP contribution in [0.25, 0.3) is 10.9 Å². The Labute approximate surface area is 236 Å². The van der Waals surface area contributed by atoms with Gasteiger partial charge >= 0.3 is 6.09 Å². The number of allylic oxidation sites excluding steroid dienone is 1. The van der Waals surface area contributed by atoms with Crippen molar-refractivity contribution in [2.45, 2.75) is 32.7 Å². The number of para-hydroxylation sites is 1. The van der Waals surface area contributed by atoms with Gasteiger partial charge in [-0.15, -0.1) is 6.58 Å². The van der Waals surface area contributed by atoms with Crippen LogP contribution in [0, 0.1) is 0 Å². The van der Waals surface area contributed by atoms with E-state index < -0.39 is 6.09 Å². The van der Waals surface area contributed by atoms with E-state index in [1.165, 1.54) is 16.2 Å². The molecule has 1 aromatic heterocycles. The highest BCUT2D eigenvalue weighted by atomic mass is 16.6. The molecule has 1 aliphatic rings. The lowest BCUT2D eigenvalue weighted by Crippen LogP contribution is -2.34. The number of ether oxygens (including phenoxy) is 1. The molecule has 40 heavy (non-hydrogen) atoms. The maximum absolute atomic E-state index is 12.7. The number of rotatable bonds is 6. The minimum atomic E-state index is -0.592. The first-order valence-electron chi connectivity index (χ1n) is 13.1. The summed E-state index contributed by atoms with van der Waals surface area (Å²) in [6, 6.07) is 26.8. The van der Waals surface area contributed by atoms with Crippen LogP contribution in [0.4, 0.5) is 10.5 Å². The molecule has 1 aliphatic heterocycles. The third-order valence-corrected chi connectivity index (χ3v) is 6.06. The third kappa shape index (κ3) is 8.43. The summed E-state index contributed by atoms with van der Waals surface area (Å²) < 4.78 is 5.11. The Bertz CT molecular complexity index is 1420. The largest absolute Gasteiger partial charge is 0.446 e. The number of aryl methyl sites for hydroxylation is 1. The second kappa shape index (κ2) is 14.5. The van der Waals surface area contributed by atoms with Crippen LogP contribution in [-0.4, -0.2) is 48.9 Å². The minimum absolute atomic E-state index is 0.179. The van der Waals surface area contributed by atoms with E-state index in [1.54, 1.807) is 6.07 Å². The molecule has 5 rings (SSSR count). The van der Waals surface area contributed by atoms with Crippen molar-refractivity contribution in [1.29, 1.82) is 0 Å². The van der Waals surface area contributed by atoms with Crippen molar-refractivity contribution in [2.24, 2.45) is 0 Å². The number of imide groups is 1. The van der Waals surface area contributed by atoms with Crippen molar-refractivity contribution < 1.29 is 19.1 Å². The van der Waals surface area contributed by atoms with Gasteiger partial charge in [-0.1, -0.05) is 60.2 Å². The predicted octanol–water partition coefficient (Wildman–Crippen LogP) is 6.97. The number of amides is 2. The molecule has 0 saturated carbocycles. The van der Waals surface area contributed by atoms with Crippen molar-refractivity contribution in [3.05, 3.63) is 114 Å². The average Bonchev–Trinajstić information content (AvgIpc) is 3.55. The summed E-state index contributed by atoms with van der Waals surface area (Å²) in [5, 5.41) is 0.921. The lowest BCUT2D eigenvalue weighted by Gasteiger charge is -2.19. The fraction of sp³-hybridized carbons (Fsp3) is 0.242. The van der Waals surface area contributed by atoms with E-state index in [1.807, 2.05) is 94.7 Å². The van der Waals surface area contributed by atoms with Crippen LogP contribution in [-0.2, 0) is 16.0 Å². The molecule has 7 nitrogen and oxygen atoms in total. The van der Waals surface area contributed by atoms with Crippen molar-refractivity contribution in [3.8, 4) is 0 Å². The summed E-state index contributed by atoms with van der Waals surface area (Å²) in [4.78, 5) is 42.0. The van der Waals surface area contributed by atoms with Crippen LogP contribution in [0.15, 0.2) is 97.1 Å². The normalized spacial score (nSPS) is 13.8. The number of carbonyl (C=O) groups is 3. The molecular formula is C33H37N3O4. The van der Waals surface area contributed by atoms with Gasteiger partial charge in [0.25, 0.3) is 0 Å². The van der Waals surface area contributed by atoms with Gasteiger partial charge in [-0.05, 0) is 61.7 Å². The van der Waals surface area contributed by atoms with Crippen molar-refractivity contribution in [2.75, 3.05) is 25.6 Å². The Morgan fingerprint density at radius 2 is 1.65 bits per heavy atom. The highest BCUT2D eigenvalue weighted by Crippen LogP contribution is 2.28. The van der Waals surface area contributed by atoms with Crippen molar-refractivity contribution >= 4 is 34.9 Å². The Morgan fingerprint density at radius 1 is 1.02 bits per heavy atom. The van der Waals surface area contributed by atoms with Gasteiger partial charge in [0, 0.05) is 37.1 Å². The molecule has 1 fully saturated rings. The summed E-state index contributed by atoms with van der Waals surface area (Å²) in [6.07, 6.45) is 0.883. The maximum atomic E-state index is 12.7. The Hall–Kier alpha value is -4.65. The molecular weight excluding hydrogens is 502 g/mol. The molecule has 1 N–H and O–H groups in total. The van der Waals surface area contributed by atoms with Gasteiger partial charge in [-0.3, -0.25) is 9.59 Å². The van der Waals surface area contributed by atoms with E-state index >= 15 is 0 Å². The smallest absolute Gasteiger partial charge is 0.417 e. The molecule has 208 valence electrons. The summed E-state index contributed by atoms with van der Waals surface area (Å²) in [6.45, 7) is 7.68. The number of hydrogen-bond donors (Lipinski definition) is 1. The number of benzene rings is 3. The zero-order valence-corrected chi connectivity index (χ0v) is 23.6. The van der Waals surface area contributed by atoms with E-state index in [9.17, 15) is 14.4 Å². The predicted molar refractivity (Wildman–Crippen MR) is 161 cm³/mol. The van der Waals surface area contributed by atoms with Crippen LogP contribution in [0.5, 0.6) is 0 Å². The first-order chi connectivity index (χ1) is 19.2. The number of hydrogen-bond acceptors (Lipinski definition) is 5. The molecule has 4 aromatic rings. The number of anilines is 1. The SMILES string of the molecule is C=C(C)C.CN(C)c1ccccc1.O=Cc1cc2cc(CCC(=O)N3C(=O)OCC3c3ccccc3)ccc2[nH]1. The lowest BCUT2D eigenvalue weighted by atomic mass is 10.0. The van der Waals surface area contributed by atoms with E-state index in [4.69, 9.17) is 4.74 Å². The quantitative estimate of drug-likeness (QED) is 0.211. The van der Waals surface area contributed by atoms with Crippen molar-refractivity contribution in [1.82, 2.24) is 9.88 Å². The standard InChI is InChI=1S/C21H18N2O4.C8H11N.C4H8/c24-12-17-11-16-10-14(6-8-18(16)22-17)7-9-20(25)23-19(13-27-21(23)26)15-4-2-1-3-5-15;1-9(2)8-6-4-3-5-7-8;1-4(2)3/h1-6,8,10-12,19,22H,7,9,13H2;3-7H,1-2H3;1H2,2-3H3. The van der Waals surface area contributed by atoms with E-state index in [0.29, 0.717) is 12.1 Å². The molecule has 3 aromatic carbocycles. The first kappa shape index (κ1) is 29.9. The summed E-state index contributed by atoms with van der Waals surface area (Å²) in [5.41, 5.74) is 5.66. The minimum Gasteiger partial charge on any atom is -0.446 e. The Kier molecular flexibility index (Phi) is 10.8. The van der Waals surface area contributed by atoms with Gasteiger partial charge in [-0.2, -0.15) is 0 Å². The van der Waals surface area contributed by atoms with Gasteiger partial charge in [0.15, 0.2) is 6.29 Å². The van der Waals surface area contributed by atoms with Crippen LogP contribution in [0.3, 0.4) is 0 Å². The number of carbonyl (C=O) groups excluding carboxylic acids is 3. The molecule has 1 unspecified atom stereocenters. The third-order valence-electron chi connectivity index (χ3n) is 6.06. The van der Waals surface area contributed by atoms with Gasteiger partial charge in [0.1, 0.15) is 12.6 Å². The highest BCUT2D eigenvalue weighted by Gasteiger charge is 2.38. The Balaban J connectivity index is 0.000000282. The number of H-pyrrole nitrogens is 1. The van der Waals surface area contributed by atoms with Crippen molar-refractivity contribution in [3.63, 3.8) is 0 Å². The maximum Gasteiger partial charge on any atom is 0.417 e. The highest BCUT2D eigenvalue weighted by molar-refractivity contribution is 5.94. The number of nitrogens with zero attached hydrogens (tertiary/aromatic N) is 2. The molecule has 1 saturated heterocycles. The fourth-order valence-electron chi connectivity index (χ4n) is 4.14. The number of aldehydes is 1. The summed E-state index contributed by atoms with van der Waals surface area (Å²) in [5.74, 6) is -0.255. The van der Waals surface area contributed by atoms with Crippen LogP contribution in [0.2, 0.25) is 0 Å². The van der Waals surface area contributed by atoms with Crippen LogP contribution in [0.1, 0.15) is 47.9 Å². The molecule has 0 spiro atoms. The van der Waals surface area contributed by atoms with E-state index in [0.717, 1.165) is 28.3 Å². The van der Waals surface area contributed by atoms with E-state index in [2.05, 4.69) is 28.6 Å². The fourth-order valence-corrected chi connectivity index (χ4v) is 4.14. The van der Waals surface area contributed by atoms with Crippen LogP contribution >= 0.6 is 0 Å². The first-order valence-corrected chi connectivity index (χ1v) is 13.1. The zero-order valence-electron chi connectivity index (χ0n) is 23.6. The summed E-state index contributed by atoms with van der Waals surface area (Å²) in [7, 11) is 4.07. The molecule has 7 heteroatoms. The molecule has 0 bridgehead atoms. The Morgan fingerprint density at radius 3 is 2.23 bits per heavy atom. The van der Waals surface area contributed by atoms with Gasteiger partial charge in [0.2, 0.25) is 5.91 Å². The average molecular weight is 540 g/mol. The second-order valence-electron chi connectivity index (χ2n) is 9.97. The number of aromatic amines is 1. The van der Waals surface area contributed by atoms with E-state index in [-0.39, 0.29) is 25.0 Å². The molecule has 0 radical (unpaired) electrons. The zero-order chi connectivity index (χ0) is 29.1. The monoisotopic (exact) mass is 539 g/mol. The number of aromatic nitrogens is 1. The van der Waals surface area contributed by atoms with Crippen LogP contribution < -0.4 is 4.90 Å². The second-order valence-corrected chi connectivity index (χ2v) is 9.97. The molecule has 0 aliphatic carbocycles. The van der Waals surface area contributed by atoms with Gasteiger partial charge in [-0.25, -0.2) is 9.69 Å². The topological polar surface area (TPSA) is 82.7 Å². The number of fused-ring (bicyclic) bond motifs is 1. The molecule has 1 atom stereocenters. The lowest BCUT2D eigenvalue weighted by molar-refractivity contribution is -0.129. The molecule has 2 amide bonds. The number of cyclic esters (lactones) is 1. The van der Waals surface area contributed by atoms with Gasteiger partial charge in [0.05, 0.1) is 5.69 Å².